The Morgan fingerprint density at radius 2 is 2.05 bits per heavy atom. The molecule has 0 aromatic heterocycles. The molecule has 1 unspecified atom stereocenters. The molecular weight excluding hydrogens is 345 g/mol. The Bertz CT molecular complexity index is 467. The summed E-state index contributed by atoms with van der Waals surface area (Å²) in [4.78, 5) is 11.7. The van der Waals surface area contributed by atoms with Crippen LogP contribution < -0.4 is 0 Å². The van der Waals surface area contributed by atoms with Crippen molar-refractivity contribution < 1.29 is 18.0 Å². The van der Waals surface area contributed by atoms with Gasteiger partial charge in [-0.2, -0.15) is 13.2 Å². The smallest absolute Gasteiger partial charge is 0.295 e. The number of rotatable bonds is 2. The second-order valence-corrected chi connectivity index (χ2v) is 8.98. The van der Waals surface area contributed by atoms with E-state index in [1.165, 1.54) is 0 Å². The number of ketones is 1. The third-order valence-electron chi connectivity index (χ3n) is 5.49. The number of carbonyl (C=O) groups excluding carboxylic acids is 1. The highest BCUT2D eigenvalue weighted by Gasteiger charge is 2.50. The predicted molar refractivity (Wildman–Crippen MR) is 80.3 cm³/mol. The van der Waals surface area contributed by atoms with Crippen molar-refractivity contribution in [1.29, 1.82) is 0 Å². The summed E-state index contributed by atoms with van der Waals surface area (Å²) < 4.78 is 37.4. The lowest BCUT2D eigenvalue weighted by molar-refractivity contribution is -0.143. The van der Waals surface area contributed by atoms with Crippen molar-refractivity contribution >= 4 is 21.7 Å². The van der Waals surface area contributed by atoms with Gasteiger partial charge in [0.05, 0.1) is 6.42 Å². The van der Waals surface area contributed by atoms with Crippen LogP contribution in [0, 0.1) is 17.3 Å². The molecule has 0 aromatic rings. The summed E-state index contributed by atoms with van der Waals surface area (Å²) in [5.74, 6) is 0.323. The number of halogens is 4. The molecule has 21 heavy (non-hydrogen) atoms. The van der Waals surface area contributed by atoms with Crippen LogP contribution in [0.2, 0.25) is 0 Å². The number of hydrogen-bond acceptors (Lipinski definition) is 1. The van der Waals surface area contributed by atoms with Gasteiger partial charge >= 0.3 is 6.18 Å². The van der Waals surface area contributed by atoms with Crippen LogP contribution in [-0.4, -0.2) is 16.3 Å². The zero-order valence-corrected chi connectivity index (χ0v) is 14.3. The van der Waals surface area contributed by atoms with Crippen LogP contribution in [0.5, 0.6) is 0 Å². The fourth-order valence-electron chi connectivity index (χ4n) is 3.95. The lowest BCUT2D eigenvalue weighted by Crippen LogP contribution is -2.44. The molecule has 120 valence electrons. The highest BCUT2D eigenvalue weighted by molar-refractivity contribution is 9.10. The standard InChI is InChI=1S/C16H22BrF3O/c1-10-6-13(21)7-11-4-5-12(8-14(10,11)2)15(3,17)9-16(18,19)20/h7,10,12H,4-6,8-9H2,1-3H3/t10-,12-,14+,15?/m1/s1. The Morgan fingerprint density at radius 3 is 2.62 bits per heavy atom. The SMILES string of the molecule is C[C@@H]1CC(=O)C=C2CC[C@@H](C(C)(Br)CC(F)(F)F)C[C@]21C. The van der Waals surface area contributed by atoms with Crippen molar-refractivity contribution in [1.82, 2.24) is 0 Å². The molecule has 0 aliphatic heterocycles. The molecule has 2 aliphatic carbocycles. The van der Waals surface area contributed by atoms with Crippen molar-refractivity contribution in [3.8, 4) is 0 Å². The number of allylic oxidation sites excluding steroid dienone is 2. The molecule has 1 fully saturated rings. The minimum absolute atomic E-state index is 0.0306. The fourth-order valence-corrected chi connectivity index (χ4v) is 4.65. The van der Waals surface area contributed by atoms with Crippen molar-refractivity contribution in [3.63, 3.8) is 0 Å². The van der Waals surface area contributed by atoms with Crippen LogP contribution >= 0.6 is 15.9 Å². The van der Waals surface area contributed by atoms with Gasteiger partial charge in [0.25, 0.3) is 0 Å². The first-order chi connectivity index (χ1) is 9.44. The second-order valence-electron chi connectivity index (χ2n) is 7.17. The fraction of sp³-hybridized carbons (Fsp3) is 0.812. The molecule has 0 radical (unpaired) electrons. The van der Waals surface area contributed by atoms with Crippen molar-refractivity contribution in [3.05, 3.63) is 11.6 Å². The van der Waals surface area contributed by atoms with E-state index < -0.39 is 16.9 Å². The summed E-state index contributed by atoms with van der Waals surface area (Å²) in [7, 11) is 0. The first-order valence-electron chi connectivity index (χ1n) is 7.43. The van der Waals surface area contributed by atoms with E-state index in [2.05, 4.69) is 22.9 Å². The highest BCUT2D eigenvalue weighted by atomic mass is 79.9. The minimum Gasteiger partial charge on any atom is -0.295 e. The van der Waals surface area contributed by atoms with Gasteiger partial charge in [-0.15, -0.1) is 0 Å². The van der Waals surface area contributed by atoms with Gasteiger partial charge < -0.3 is 0 Å². The van der Waals surface area contributed by atoms with Crippen molar-refractivity contribution in [2.24, 2.45) is 17.3 Å². The molecule has 0 amide bonds. The van der Waals surface area contributed by atoms with E-state index in [0.29, 0.717) is 19.3 Å². The molecule has 5 heteroatoms. The van der Waals surface area contributed by atoms with Crippen LogP contribution in [0.15, 0.2) is 11.6 Å². The molecule has 0 saturated heterocycles. The Labute approximate surface area is 132 Å². The number of carbonyl (C=O) groups is 1. The Balaban J connectivity index is 2.21. The minimum atomic E-state index is -4.16. The van der Waals surface area contributed by atoms with Crippen molar-refractivity contribution in [2.45, 2.75) is 63.4 Å². The van der Waals surface area contributed by atoms with Gasteiger partial charge in [-0.3, -0.25) is 4.79 Å². The van der Waals surface area contributed by atoms with Crippen LogP contribution in [0.25, 0.3) is 0 Å². The summed E-state index contributed by atoms with van der Waals surface area (Å²) in [5.41, 5.74) is 0.995. The monoisotopic (exact) mass is 366 g/mol. The molecular formula is C16H22BrF3O. The average Bonchev–Trinajstić information content (AvgIpc) is 2.27. The third-order valence-corrected chi connectivity index (χ3v) is 6.42. The topological polar surface area (TPSA) is 17.1 Å². The maximum absolute atomic E-state index is 12.8. The molecule has 1 nitrogen and oxygen atoms in total. The van der Waals surface area contributed by atoms with Gasteiger partial charge in [-0.1, -0.05) is 35.4 Å². The van der Waals surface area contributed by atoms with E-state index in [0.717, 1.165) is 12.0 Å². The number of hydrogen-bond donors (Lipinski definition) is 0. The first kappa shape index (κ1) is 17.0. The first-order valence-corrected chi connectivity index (χ1v) is 8.23. The summed E-state index contributed by atoms with van der Waals surface area (Å²) in [6, 6.07) is 0. The average molecular weight is 367 g/mol. The van der Waals surface area contributed by atoms with E-state index in [-0.39, 0.29) is 23.0 Å². The normalized spacial score (nSPS) is 36.7. The van der Waals surface area contributed by atoms with E-state index >= 15 is 0 Å². The Kier molecular flexibility index (Phi) is 4.38. The summed E-state index contributed by atoms with van der Waals surface area (Å²) in [6.45, 7) is 5.81. The van der Waals surface area contributed by atoms with E-state index in [1.54, 1.807) is 13.0 Å². The lowest BCUT2D eigenvalue weighted by atomic mass is 9.56. The van der Waals surface area contributed by atoms with Crippen LogP contribution in [0.1, 0.15) is 52.9 Å². The molecule has 1 saturated carbocycles. The van der Waals surface area contributed by atoms with Gasteiger partial charge in [-0.25, -0.2) is 0 Å². The largest absolute Gasteiger partial charge is 0.390 e. The van der Waals surface area contributed by atoms with E-state index in [4.69, 9.17) is 0 Å². The third kappa shape index (κ3) is 3.54. The van der Waals surface area contributed by atoms with Gasteiger partial charge in [0, 0.05) is 10.7 Å². The van der Waals surface area contributed by atoms with Crippen LogP contribution in [0.4, 0.5) is 13.2 Å². The quantitative estimate of drug-likeness (QED) is 0.595. The predicted octanol–water partition coefficient (Wildman–Crippen LogP) is 5.43. The maximum atomic E-state index is 12.8. The van der Waals surface area contributed by atoms with Gasteiger partial charge in [0.15, 0.2) is 5.78 Å². The van der Waals surface area contributed by atoms with Gasteiger partial charge in [-0.05, 0) is 49.5 Å². The summed E-state index contributed by atoms with van der Waals surface area (Å²) in [5, 5.41) is 0. The van der Waals surface area contributed by atoms with Gasteiger partial charge in [0.1, 0.15) is 0 Å². The Hall–Kier alpha value is -0.320. The van der Waals surface area contributed by atoms with E-state index in [1.807, 2.05) is 6.92 Å². The second kappa shape index (κ2) is 5.39. The molecule has 0 bridgehead atoms. The highest BCUT2D eigenvalue weighted by Crippen LogP contribution is 2.56. The van der Waals surface area contributed by atoms with Crippen molar-refractivity contribution in [2.75, 3.05) is 0 Å². The van der Waals surface area contributed by atoms with E-state index in [9.17, 15) is 18.0 Å². The molecule has 2 aliphatic rings. The molecule has 0 N–H and O–H groups in total. The summed E-state index contributed by atoms with van der Waals surface area (Å²) >= 11 is 3.35. The lowest BCUT2D eigenvalue weighted by Gasteiger charge is -2.50. The number of fused-ring (bicyclic) bond motifs is 1. The molecule has 4 atom stereocenters. The summed E-state index contributed by atoms with van der Waals surface area (Å²) in [6.07, 6.45) is -0.576. The van der Waals surface area contributed by atoms with Gasteiger partial charge in [0.2, 0.25) is 0 Å². The maximum Gasteiger partial charge on any atom is 0.390 e. The molecule has 0 heterocycles. The van der Waals surface area contributed by atoms with Crippen LogP contribution in [-0.2, 0) is 4.79 Å². The zero-order chi connectivity index (χ0) is 16.1. The zero-order valence-electron chi connectivity index (χ0n) is 12.7. The number of alkyl halides is 4. The van der Waals surface area contributed by atoms with Crippen LogP contribution in [0.3, 0.4) is 0 Å². The molecule has 0 aromatic carbocycles. The molecule has 2 rings (SSSR count). The molecule has 0 spiro atoms. The Morgan fingerprint density at radius 1 is 1.43 bits per heavy atom.